The number of pyridine rings is 1. The Hall–Kier alpha value is -2.64. The number of aromatic amines is 1. The van der Waals surface area contributed by atoms with Crippen molar-refractivity contribution >= 4 is 34.4 Å². The summed E-state index contributed by atoms with van der Waals surface area (Å²) in [5, 5.41) is 22.0. The summed E-state index contributed by atoms with van der Waals surface area (Å²) in [6.45, 7) is 0.870. The Morgan fingerprint density at radius 3 is 2.81 bits per heavy atom. The highest BCUT2D eigenvalue weighted by atomic mass is 35.5. The number of amides is 2. The number of H-pyrrole nitrogens is 1. The highest BCUT2D eigenvalue weighted by molar-refractivity contribution is 6.29. The molecule has 26 heavy (non-hydrogen) atoms. The number of nitrogens with zero attached hydrogens (tertiary/aromatic N) is 3. The smallest absolute Gasteiger partial charge is 0.323 e. The highest BCUT2D eigenvalue weighted by Gasteiger charge is 2.35. The van der Waals surface area contributed by atoms with Crippen LogP contribution in [0.25, 0.3) is 10.9 Å². The number of urea groups is 1. The fraction of sp³-hybridized carbons (Fsp3) is 0.278. The minimum atomic E-state index is -0.998. The van der Waals surface area contributed by atoms with Crippen molar-refractivity contribution in [3.63, 3.8) is 0 Å². The summed E-state index contributed by atoms with van der Waals surface area (Å²) in [5.41, 5.74) is 0.601. The van der Waals surface area contributed by atoms with Crippen LogP contribution < -0.4 is 5.32 Å². The van der Waals surface area contributed by atoms with Crippen molar-refractivity contribution in [2.45, 2.75) is 18.4 Å². The van der Waals surface area contributed by atoms with Gasteiger partial charge in [0.15, 0.2) is 5.82 Å². The van der Waals surface area contributed by atoms with Gasteiger partial charge in [-0.25, -0.2) is 9.78 Å². The van der Waals surface area contributed by atoms with E-state index in [9.17, 15) is 9.90 Å². The first-order valence-electron chi connectivity index (χ1n) is 8.39. The van der Waals surface area contributed by atoms with Gasteiger partial charge in [0.05, 0.1) is 11.1 Å². The molecule has 3 heterocycles. The number of fused-ring (bicyclic) bond motifs is 1. The fourth-order valence-corrected chi connectivity index (χ4v) is 3.47. The molecular formula is C18H18ClN5O2. The van der Waals surface area contributed by atoms with Crippen LogP contribution in [0.3, 0.4) is 0 Å². The van der Waals surface area contributed by atoms with Crippen LogP contribution in [-0.4, -0.2) is 44.3 Å². The van der Waals surface area contributed by atoms with E-state index >= 15 is 0 Å². The molecule has 3 N–H and O–H groups in total. The summed E-state index contributed by atoms with van der Waals surface area (Å²) in [6.07, 6.45) is 2.45. The fourth-order valence-electron chi connectivity index (χ4n) is 3.30. The number of aromatic nitrogens is 3. The van der Waals surface area contributed by atoms with Crippen molar-refractivity contribution in [1.29, 1.82) is 0 Å². The van der Waals surface area contributed by atoms with Gasteiger partial charge in [-0.2, -0.15) is 5.10 Å². The first-order valence-corrected chi connectivity index (χ1v) is 8.76. The lowest BCUT2D eigenvalue weighted by atomic mass is 9.85. The average molecular weight is 372 g/mol. The number of hydrogen-bond donors (Lipinski definition) is 3. The zero-order valence-corrected chi connectivity index (χ0v) is 14.7. The van der Waals surface area contributed by atoms with Gasteiger partial charge in [0, 0.05) is 24.7 Å². The first kappa shape index (κ1) is 16.8. The van der Waals surface area contributed by atoms with Crippen LogP contribution in [0.5, 0.6) is 0 Å². The summed E-state index contributed by atoms with van der Waals surface area (Å²) >= 11 is 5.93. The number of halogens is 1. The lowest BCUT2D eigenvalue weighted by Crippen LogP contribution is -2.46. The Morgan fingerprint density at radius 1 is 1.27 bits per heavy atom. The number of piperidine rings is 1. The second kappa shape index (κ2) is 6.59. The van der Waals surface area contributed by atoms with E-state index in [4.69, 9.17) is 11.6 Å². The molecule has 2 aromatic heterocycles. The standard InChI is InChI=1S/C18H18ClN5O2/c19-15-11-12(5-8-20-15)18(26)6-9-24(10-7-18)17(25)21-16-13-3-1-2-4-14(13)22-23-16/h1-5,8,11,26H,6-7,9-10H2,(H2,21,22,23,25). The van der Waals surface area contributed by atoms with E-state index in [1.54, 1.807) is 23.2 Å². The minimum absolute atomic E-state index is 0.225. The van der Waals surface area contributed by atoms with Crippen molar-refractivity contribution in [3.8, 4) is 0 Å². The highest BCUT2D eigenvalue weighted by Crippen LogP contribution is 2.33. The molecule has 1 aliphatic rings. The third kappa shape index (κ3) is 3.11. The zero-order valence-electron chi connectivity index (χ0n) is 13.9. The predicted octanol–water partition coefficient (Wildman–Crippen LogP) is 3.13. The largest absolute Gasteiger partial charge is 0.385 e. The van der Waals surface area contributed by atoms with Crippen molar-refractivity contribution in [3.05, 3.63) is 53.3 Å². The zero-order chi connectivity index (χ0) is 18.1. The second-order valence-corrected chi connectivity index (χ2v) is 6.82. The molecule has 1 saturated heterocycles. The number of rotatable bonds is 2. The van der Waals surface area contributed by atoms with Crippen molar-refractivity contribution in [2.75, 3.05) is 18.4 Å². The van der Waals surface area contributed by atoms with E-state index in [0.717, 1.165) is 16.5 Å². The SMILES string of the molecule is O=C(Nc1n[nH]c2ccccc12)N1CCC(O)(c2ccnc(Cl)c2)CC1. The summed E-state index contributed by atoms with van der Waals surface area (Å²) < 4.78 is 0. The van der Waals surface area contributed by atoms with Gasteiger partial charge in [-0.15, -0.1) is 0 Å². The maximum absolute atomic E-state index is 12.6. The van der Waals surface area contributed by atoms with Gasteiger partial charge >= 0.3 is 6.03 Å². The Bertz CT molecular complexity index is 949. The maximum atomic E-state index is 12.6. The number of carbonyl (C=O) groups is 1. The molecule has 4 rings (SSSR count). The lowest BCUT2D eigenvalue weighted by molar-refractivity contribution is -0.0157. The average Bonchev–Trinajstić information content (AvgIpc) is 3.05. The number of benzene rings is 1. The summed E-state index contributed by atoms with van der Waals surface area (Å²) in [7, 11) is 0. The van der Waals surface area contributed by atoms with Crippen molar-refractivity contribution in [1.82, 2.24) is 20.1 Å². The summed E-state index contributed by atoms with van der Waals surface area (Å²) in [5.74, 6) is 0.507. The second-order valence-electron chi connectivity index (χ2n) is 6.43. The van der Waals surface area contributed by atoms with Gasteiger partial charge in [0.1, 0.15) is 5.15 Å². The van der Waals surface area contributed by atoms with Gasteiger partial charge in [-0.3, -0.25) is 10.4 Å². The molecule has 7 nitrogen and oxygen atoms in total. The molecule has 0 saturated carbocycles. The van der Waals surface area contributed by atoms with Gasteiger partial charge in [0.25, 0.3) is 0 Å². The molecule has 0 aliphatic carbocycles. The van der Waals surface area contributed by atoms with E-state index in [1.807, 2.05) is 24.3 Å². The lowest BCUT2D eigenvalue weighted by Gasteiger charge is -2.38. The molecule has 0 bridgehead atoms. The van der Waals surface area contributed by atoms with E-state index in [1.165, 1.54) is 0 Å². The van der Waals surface area contributed by atoms with Crippen LogP contribution >= 0.6 is 11.6 Å². The van der Waals surface area contributed by atoms with Crippen LogP contribution in [0.2, 0.25) is 5.15 Å². The van der Waals surface area contributed by atoms with Gasteiger partial charge in [-0.1, -0.05) is 23.7 Å². The quantitative estimate of drug-likeness (QED) is 0.603. The molecule has 0 spiro atoms. The number of para-hydroxylation sites is 1. The van der Waals surface area contributed by atoms with Crippen molar-refractivity contribution < 1.29 is 9.90 Å². The Kier molecular flexibility index (Phi) is 4.26. The molecule has 8 heteroatoms. The van der Waals surface area contributed by atoms with Gasteiger partial charge < -0.3 is 10.0 Å². The number of nitrogens with one attached hydrogen (secondary N) is 2. The minimum Gasteiger partial charge on any atom is -0.385 e. The Labute approximate surface area is 155 Å². The Morgan fingerprint density at radius 2 is 2.04 bits per heavy atom. The topological polar surface area (TPSA) is 94.1 Å². The number of aliphatic hydroxyl groups is 1. The Balaban J connectivity index is 1.43. The third-order valence-corrected chi connectivity index (χ3v) is 5.04. The van der Waals surface area contributed by atoms with Crippen LogP contribution in [0.4, 0.5) is 10.6 Å². The van der Waals surface area contributed by atoms with E-state index in [2.05, 4.69) is 20.5 Å². The van der Waals surface area contributed by atoms with Gasteiger partial charge in [-0.05, 0) is 42.7 Å². The normalized spacial score (nSPS) is 16.6. The maximum Gasteiger partial charge on any atom is 0.323 e. The van der Waals surface area contributed by atoms with Crippen LogP contribution in [0.15, 0.2) is 42.6 Å². The summed E-state index contributed by atoms with van der Waals surface area (Å²) in [6, 6.07) is 10.8. The molecule has 1 aromatic carbocycles. The number of hydrogen-bond acceptors (Lipinski definition) is 4. The number of carbonyl (C=O) groups excluding carboxylic acids is 1. The monoisotopic (exact) mass is 371 g/mol. The molecule has 1 fully saturated rings. The molecular weight excluding hydrogens is 354 g/mol. The number of likely N-dealkylation sites (tertiary alicyclic amines) is 1. The molecule has 134 valence electrons. The van der Waals surface area contributed by atoms with Gasteiger partial charge in [0.2, 0.25) is 0 Å². The van der Waals surface area contributed by atoms with E-state index < -0.39 is 5.60 Å². The van der Waals surface area contributed by atoms with Crippen LogP contribution in [0.1, 0.15) is 18.4 Å². The number of anilines is 1. The molecule has 2 amide bonds. The van der Waals surface area contributed by atoms with E-state index in [-0.39, 0.29) is 6.03 Å². The molecule has 0 unspecified atom stereocenters. The summed E-state index contributed by atoms with van der Waals surface area (Å²) in [4.78, 5) is 18.2. The molecule has 1 aliphatic heterocycles. The molecule has 0 atom stereocenters. The van der Waals surface area contributed by atoms with Crippen LogP contribution in [0, 0.1) is 0 Å². The third-order valence-electron chi connectivity index (χ3n) is 4.84. The molecule has 3 aromatic rings. The predicted molar refractivity (Wildman–Crippen MR) is 99.1 cm³/mol. The molecule has 0 radical (unpaired) electrons. The van der Waals surface area contributed by atoms with Crippen LogP contribution in [-0.2, 0) is 5.60 Å². The first-order chi connectivity index (χ1) is 12.5. The van der Waals surface area contributed by atoms with Crippen molar-refractivity contribution in [2.24, 2.45) is 0 Å². The van der Waals surface area contributed by atoms with E-state index in [0.29, 0.717) is 36.9 Å².